The fourth-order valence-electron chi connectivity index (χ4n) is 3.51. The van der Waals surface area contributed by atoms with E-state index in [0.717, 1.165) is 24.9 Å². The molecule has 2 rings (SSSR count). The summed E-state index contributed by atoms with van der Waals surface area (Å²) in [7, 11) is 2.25. The summed E-state index contributed by atoms with van der Waals surface area (Å²) in [6, 6.07) is 8.88. The molecule has 1 aromatic rings. The van der Waals surface area contributed by atoms with Crippen molar-refractivity contribution in [2.24, 2.45) is 17.6 Å². The maximum Gasteiger partial charge on any atom is 0.0334 e. The van der Waals surface area contributed by atoms with Crippen LogP contribution in [0.5, 0.6) is 0 Å². The van der Waals surface area contributed by atoms with Crippen molar-refractivity contribution in [3.63, 3.8) is 0 Å². The van der Waals surface area contributed by atoms with Crippen LogP contribution < -0.4 is 5.73 Å². The maximum atomic E-state index is 6.18. The van der Waals surface area contributed by atoms with Crippen LogP contribution in [0.4, 0.5) is 0 Å². The van der Waals surface area contributed by atoms with E-state index < -0.39 is 0 Å². The first-order valence-electron chi connectivity index (χ1n) is 7.94. The molecule has 0 bridgehead atoms. The van der Waals surface area contributed by atoms with Gasteiger partial charge in [0.1, 0.15) is 0 Å². The third kappa shape index (κ3) is 3.24. The summed E-state index contributed by atoms with van der Waals surface area (Å²) >= 11 is 0. The largest absolute Gasteiger partial charge is 0.329 e. The number of aryl methyl sites for hydroxylation is 1. The van der Waals surface area contributed by atoms with E-state index in [1.807, 2.05) is 0 Å². The highest BCUT2D eigenvalue weighted by atomic mass is 15.2. The van der Waals surface area contributed by atoms with E-state index in [1.54, 1.807) is 0 Å². The minimum atomic E-state index is 0.191. The molecule has 0 amide bonds. The molecule has 1 saturated carbocycles. The van der Waals surface area contributed by atoms with E-state index in [9.17, 15) is 0 Å². The first-order chi connectivity index (χ1) is 9.47. The van der Waals surface area contributed by atoms with Gasteiger partial charge in [-0.25, -0.2) is 0 Å². The highest BCUT2D eigenvalue weighted by Crippen LogP contribution is 2.39. The predicted molar refractivity (Wildman–Crippen MR) is 86.6 cm³/mol. The smallest absolute Gasteiger partial charge is 0.0334 e. The molecule has 0 radical (unpaired) electrons. The normalized spacial score (nSPS) is 30.7. The van der Waals surface area contributed by atoms with Crippen LogP contribution in [0.15, 0.2) is 24.3 Å². The van der Waals surface area contributed by atoms with E-state index in [1.165, 1.54) is 30.4 Å². The Kier molecular flexibility index (Phi) is 4.87. The molecule has 3 unspecified atom stereocenters. The number of likely N-dealkylation sites (N-methyl/N-ethyl adjacent to an activating group) is 1. The van der Waals surface area contributed by atoms with Crippen molar-refractivity contribution in [3.05, 3.63) is 35.4 Å². The Morgan fingerprint density at radius 3 is 2.40 bits per heavy atom. The second-order valence-corrected chi connectivity index (χ2v) is 6.97. The lowest BCUT2D eigenvalue weighted by Gasteiger charge is -2.48. The fraction of sp³-hybridized carbons (Fsp3) is 0.667. The van der Waals surface area contributed by atoms with Crippen LogP contribution in [0.2, 0.25) is 0 Å². The lowest BCUT2D eigenvalue weighted by Crippen LogP contribution is -2.55. The lowest BCUT2D eigenvalue weighted by molar-refractivity contribution is 0.0349. The lowest BCUT2D eigenvalue weighted by atomic mass is 9.70. The van der Waals surface area contributed by atoms with E-state index in [0.29, 0.717) is 0 Å². The van der Waals surface area contributed by atoms with Crippen molar-refractivity contribution in [3.8, 4) is 0 Å². The average Bonchev–Trinajstić information content (AvgIpc) is 2.44. The standard InChI is InChI=1S/C18H30N2/c1-14-5-7-17(8-6-14)12-20(4)18(13-19)10-9-15(2)16(3)11-18/h5-8,15-16H,9-13,19H2,1-4H3. The molecule has 0 spiro atoms. The summed E-state index contributed by atoms with van der Waals surface area (Å²) in [5.74, 6) is 1.61. The monoisotopic (exact) mass is 274 g/mol. The predicted octanol–water partition coefficient (Wildman–Crippen LogP) is 3.58. The summed E-state index contributed by atoms with van der Waals surface area (Å²) in [6.07, 6.45) is 3.76. The zero-order chi connectivity index (χ0) is 14.8. The van der Waals surface area contributed by atoms with Crippen molar-refractivity contribution >= 4 is 0 Å². The molecule has 3 atom stereocenters. The first kappa shape index (κ1) is 15.5. The van der Waals surface area contributed by atoms with Gasteiger partial charge in [-0.1, -0.05) is 43.7 Å². The second-order valence-electron chi connectivity index (χ2n) is 6.97. The molecule has 2 N–H and O–H groups in total. The Balaban J connectivity index is 2.09. The highest BCUT2D eigenvalue weighted by Gasteiger charge is 2.39. The maximum absolute atomic E-state index is 6.18. The summed E-state index contributed by atoms with van der Waals surface area (Å²) in [5.41, 5.74) is 9.08. The van der Waals surface area contributed by atoms with Gasteiger partial charge in [0.15, 0.2) is 0 Å². The van der Waals surface area contributed by atoms with Crippen LogP contribution in [0.3, 0.4) is 0 Å². The third-order valence-corrected chi connectivity index (χ3v) is 5.47. The summed E-state index contributed by atoms with van der Waals surface area (Å²) in [4.78, 5) is 2.50. The zero-order valence-electron chi connectivity index (χ0n) is 13.5. The third-order valence-electron chi connectivity index (χ3n) is 5.47. The Bertz CT molecular complexity index is 426. The Hall–Kier alpha value is -0.860. The molecule has 1 fully saturated rings. The number of hydrogen-bond donors (Lipinski definition) is 1. The first-order valence-corrected chi connectivity index (χ1v) is 7.94. The van der Waals surface area contributed by atoms with Gasteiger partial charge in [-0.05, 0) is 50.6 Å². The van der Waals surface area contributed by atoms with Crippen LogP contribution in [0.25, 0.3) is 0 Å². The van der Waals surface area contributed by atoms with Gasteiger partial charge >= 0.3 is 0 Å². The molecule has 2 heteroatoms. The van der Waals surface area contributed by atoms with Crippen molar-refractivity contribution < 1.29 is 0 Å². The molecule has 2 nitrogen and oxygen atoms in total. The molecule has 0 heterocycles. The molecule has 1 aliphatic carbocycles. The van der Waals surface area contributed by atoms with E-state index in [4.69, 9.17) is 5.73 Å². The van der Waals surface area contributed by atoms with E-state index >= 15 is 0 Å². The molecule has 0 aliphatic heterocycles. The summed E-state index contributed by atoms with van der Waals surface area (Å²) in [6.45, 7) is 8.67. The van der Waals surface area contributed by atoms with Gasteiger partial charge in [0, 0.05) is 18.6 Å². The second kappa shape index (κ2) is 6.28. The Morgan fingerprint density at radius 2 is 1.85 bits per heavy atom. The minimum absolute atomic E-state index is 0.191. The summed E-state index contributed by atoms with van der Waals surface area (Å²) < 4.78 is 0. The van der Waals surface area contributed by atoms with Crippen molar-refractivity contribution in [2.75, 3.05) is 13.6 Å². The molecule has 0 aromatic heterocycles. The van der Waals surface area contributed by atoms with Gasteiger partial charge in [-0.3, -0.25) is 4.90 Å². The van der Waals surface area contributed by atoms with Gasteiger partial charge in [0.05, 0.1) is 0 Å². The number of hydrogen-bond acceptors (Lipinski definition) is 2. The quantitative estimate of drug-likeness (QED) is 0.909. The van der Waals surface area contributed by atoms with Crippen LogP contribution in [-0.2, 0) is 6.54 Å². The van der Waals surface area contributed by atoms with Gasteiger partial charge < -0.3 is 5.73 Å². The molecule has 112 valence electrons. The van der Waals surface area contributed by atoms with E-state index in [2.05, 4.69) is 57.0 Å². The van der Waals surface area contributed by atoms with Crippen LogP contribution >= 0.6 is 0 Å². The number of nitrogens with zero attached hydrogens (tertiary/aromatic N) is 1. The van der Waals surface area contributed by atoms with Gasteiger partial charge in [0.25, 0.3) is 0 Å². The number of nitrogens with two attached hydrogens (primary N) is 1. The number of rotatable bonds is 4. The zero-order valence-corrected chi connectivity index (χ0v) is 13.5. The Labute approximate surface area is 124 Å². The minimum Gasteiger partial charge on any atom is -0.329 e. The fourth-order valence-corrected chi connectivity index (χ4v) is 3.51. The Morgan fingerprint density at radius 1 is 1.20 bits per heavy atom. The molecular weight excluding hydrogens is 244 g/mol. The van der Waals surface area contributed by atoms with Crippen molar-refractivity contribution in [1.82, 2.24) is 4.90 Å². The van der Waals surface area contributed by atoms with Gasteiger partial charge in [0.2, 0.25) is 0 Å². The van der Waals surface area contributed by atoms with Crippen molar-refractivity contribution in [1.29, 1.82) is 0 Å². The molecule has 1 aliphatic rings. The molecule has 20 heavy (non-hydrogen) atoms. The number of benzene rings is 1. The van der Waals surface area contributed by atoms with Gasteiger partial charge in [-0.15, -0.1) is 0 Å². The summed E-state index contributed by atoms with van der Waals surface area (Å²) in [5, 5.41) is 0. The molecular formula is C18H30N2. The SMILES string of the molecule is Cc1ccc(CN(C)C2(CN)CCC(C)C(C)C2)cc1. The van der Waals surface area contributed by atoms with Gasteiger partial charge in [-0.2, -0.15) is 0 Å². The van der Waals surface area contributed by atoms with Crippen molar-refractivity contribution in [2.45, 2.75) is 52.1 Å². The average molecular weight is 274 g/mol. The molecule has 0 saturated heterocycles. The van der Waals surface area contributed by atoms with Crippen LogP contribution in [0, 0.1) is 18.8 Å². The topological polar surface area (TPSA) is 29.3 Å². The highest BCUT2D eigenvalue weighted by molar-refractivity contribution is 5.21. The molecule has 1 aromatic carbocycles. The van der Waals surface area contributed by atoms with E-state index in [-0.39, 0.29) is 5.54 Å². The van der Waals surface area contributed by atoms with Crippen LogP contribution in [-0.4, -0.2) is 24.0 Å². The van der Waals surface area contributed by atoms with Crippen LogP contribution in [0.1, 0.15) is 44.2 Å².